The van der Waals surface area contributed by atoms with Gasteiger partial charge in [0.25, 0.3) is 0 Å². The van der Waals surface area contributed by atoms with Crippen LogP contribution in [0.4, 0.5) is 4.39 Å². The van der Waals surface area contributed by atoms with Crippen LogP contribution in [0.3, 0.4) is 0 Å². The molecule has 2 aliphatic rings. The number of ether oxygens (including phenoxy) is 2. The Balaban J connectivity index is 1.52. The number of carbonyl (C=O) groups is 1. The molecule has 1 saturated heterocycles. The number of fused-ring (bicyclic) bond motifs is 2. The first kappa shape index (κ1) is 33.6. The zero-order chi connectivity index (χ0) is 34.3. The monoisotopic (exact) mass is 653 g/mol. The Bertz CT molecular complexity index is 1940. The number of benzene rings is 1. The third-order valence-electron chi connectivity index (χ3n) is 9.24. The summed E-state index contributed by atoms with van der Waals surface area (Å²) in [7, 11) is 4.07. The van der Waals surface area contributed by atoms with Crippen LogP contribution in [-0.2, 0) is 23.0 Å². The molecule has 48 heavy (non-hydrogen) atoms. The van der Waals surface area contributed by atoms with Crippen LogP contribution in [0.5, 0.6) is 5.75 Å². The van der Waals surface area contributed by atoms with Gasteiger partial charge in [0.2, 0.25) is 0 Å². The molecule has 1 atom stereocenters. The van der Waals surface area contributed by atoms with Crippen molar-refractivity contribution in [3.8, 4) is 40.0 Å². The van der Waals surface area contributed by atoms with Crippen LogP contribution in [-0.4, -0.2) is 87.4 Å². The molecule has 1 fully saturated rings. The van der Waals surface area contributed by atoms with E-state index < -0.39 is 23.5 Å². The maximum atomic E-state index is 15.8. The van der Waals surface area contributed by atoms with E-state index in [-0.39, 0.29) is 5.75 Å². The fraction of sp³-hybridized carbons (Fsp3) is 0.447. The third-order valence-corrected chi connectivity index (χ3v) is 9.24. The van der Waals surface area contributed by atoms with Crippen molar-refractivity contribution in [3.63, 3.8) is 0 Å². The minimum Gasteiger partial charge on any atom is -0.490 e. The van der Waals surface area contributed by atoms with Gasteiger partial charge < -0.3 is 24.0 Å². The Kier molecular flexibility index (Phi) is 9.31. The van der Waals surface area contributed by atoms with E-state index in [0.717, 1.165) is 55.0 Å². The Morgan fingerprint density at radius 3 is 2.60 bits per heavy atom. The third kappa shape index (κ3) is 6.68. The molecule has 0 saturated carbocycles. The molecule has 10 heteroatoms. The van der Waals surface area contributed by atoms with E-state index in [0.29, 0.717) is 58.7 Å². The van der Waals surface area contributed by atoms with E-state index in [1.165, 1.54) is 6.07 Å². The average molecular weight is 654 g/mol. The first-order valence-corrected chi connectivity index (χ1v) is 16.5. The predicted octanol–water partition coefficient (Wildman–Crippen LogP) is 5.92. The number of likely N-dealkylation sites (N-methyl/N-ethyl adjacent to an activating group) is 1. The first-order chi connectivity index (χ1) is 22.8. The second-order valence-electron chi connectivity index (χ2n) is 13.9. The highest BCUT2D eigenvalue weighted by Gasteiger charge is 2.34. The Morgan fingerprint density at radius 2 is 1.90 bits per heavy atom. The number of piperazine rings is 1. The van der Waals surface area contributed by atoms with Gasteiger partial charge in [-0.3, -0.25) is 4.90 Å². The van der Waals surface area contributed by atoms with Gasteiger partial charge in [-0.1, -0.05) is 5.92 Å². The molecule has 4 aromatic rings. The lowest BCUT2D eigenvalue weighted by atomic mass is 9.86. The van der Waals surface area contributed by atoms with Gasteiger partial charge in [0.1, 0.15) is 11.3 Å². The van der Waals surface area contributed by atoms with Crippen molar-refractivity contribution in [1.29, 1.82) is 0 Å². The molecule has 0 amide bonds. The normalized spacial score (nSPS) is 16.2. The molecule has 252 valence electrons. The van der Waals surface area contributed by atoms with E-state index in [1.807, 2.05) is 57.5 Å². The predicted molar refractivity (Wildman–Crippen MR) is 185 cm³/mol. The Hall–Kier alpha value is -4.30. The van der Waals surface area contributed by atoms with Gasteiger partial charge in [0.05, 0.1) is 24.4 Å². The second kappa shape index (κ2) is 13.3. The maximum absolute atomic E-state index is 15.8. The molecular weight excluding hydrogens is 609 g/mol. The number of nitrogens with zero attached hydrogens (tertiary/aromatic N) is 5. The number of hydrogen-bond acceptors (Lipinski definition) is 7. The van der Waals surface area contributed by atoms with Gasteiger partial charge in [-0.15, -0.1) is 0 Å². The molecule has 0 radical (unpaired) electrons. The number of pyridine rings is 2. The zero-order valence-corrected chi connectivity index (χ0v) is 28.9. The summed E-state index contributed by atoms with van der Waals surface area (Å²) in [6, 6.07) is 7.36. The van der Waals surface area contributed by atoms with Crippen molar-refractivity contribution in [3.05, 3.63) is 64.4 Å². The summed E-state index contributed by atoms with van der Waals surface area (Å²) in [4.78, 5) is 27.0. The molecule has 9 nitrogen and oxygen atoms in total. The number of halogens is 1. The molecule has 0 bridgehead atoms. The molecule has 1 aromatic carbocycles. The standard InChI is InChI=1S/C38H44FN5O4/c1-23-27-11-9-19-47-34(27)30(39)21-28(23)33-29-22-31(25-12-13-40-26(20-25)10-8-14-44-17-15-42(6)16-18-44)43(7)36(29)41-24(2)32(33)35(37(45)46)48-38(3,4)5/h12-13,20-22,35H,9,11,14-19H2,1-7H3,(H,45,46)/t35-/m0/s1. The molecule has 0 unspecified atom stereocenters. The summed E-state index contributed by atoms with van der Waals surface area (Å²) in [5, 5.41) is 11.2. The summed E-state index contributed by atoms with van der Waals surface area (Å²) < 4.78 is 29.7. The Labute approximate surface area is 281 Å². The quantitative estimate of drug-likeness (QED) is 0.257. The van der Waals surface area contributed by atoms with E-state index in [1.54, 1.807) is 13.1 Å². The highest BCUT2D eigenvalue weighted by Crippen LogP contribution is 2.45. The van der Waals surface area contributed by atoms with Crippen molar-refractivity contribution in [2.45, 2.75) is 59.2 Å². The fourth-order valence-corrected chi connectivity index (χ4v) is 6.76. The maximum Gasteiger partial charge on any atom is 0.337 e. The number of aryl methyl sites for hydroxylation is 2. The van der Waals surface area contributed by atoms with Gasteiger partial charge in [-0.05, 0) is 95.8 Å². The number of carboxylic acids is 1. The van der Waals surface area contributed by atoms with Crippen LogP contribution < -0.4 is 4.74 Å². The van der Waals surface area contributed by atoms with Crippen LogP contribution in [0.15, 0.2) is 30.5 Å². The van der Waals surface area contributed by atoms with E-state index in [2.05, 4.69) is 33.7 Å². The molecule has 0 aliphatic carbocycles. The van der Waals surface area contributed by atoms with Gasteiger partial charge in [-0.2, -0.15) is 0 Å². The van der Waals surface area contributed by atoms with Crippen LogP contribution in [0.1, 0.15) is 61.4 Å². The summed E-state index contributed by atoms with van der Waals surface area (Å²) in [6.45, 7) is 14.4. The van der Waals surface area contributed by atoms with Crippen molar-refractivity contribution in [2.75, 3.05) is 46.4 Å². The topological polar surface area (TPSA) is 93.0 Å². The van der Waals surface area contributed by atoms with Crippen molar-refractivity contribution >= 4 is 17.0 Å². The number of aromatic nitrogens is 3. The summed E-state index contributed by atoms with van der Waals surface area (Å²) in [5.74, 6) is 5.20. The molecular formula is C38H44FN5O4. The van der Waals surface area contributed by atoms with Crippen LogP contribution >= 0.6 is 0 Å². The van der Waals surface area contributed by atoms with E-state index in [9.17, 15) is 9.90 Å². The van der Waals surface area contributed by atoms with Crippen molar-refractivity contribution in [2.24, 2.45) is 7.05 Å². The minimum atomic E-state index is -1.33. The van der Waals surface area contributed by atoms with Gasteiger partial charge in [0.15, 0.2) is 17.7 Å². The van der Waals surface area contributed by atoms with Crippen molar-refractivity contribution in [1.82, 2.24) is 24.3 Å². The SMILES string of the molecule is Cc1nc2c(cc(-c3ccnc(C#CCN4CCN(C)CC4)c3)n2C)c(-c2cc(F)c3c(c2C)CCCO3)c1[C@H](OC(C)(C)C)C(=O)O. The first-order valence-electron chi connectivity index (χ1n) is 16.5. The van der Waals surface area contributed by atoms with Gasteiger partial charge >= 0.3 is 5.97 Å². The summed E-state index contributed by atoms with van der Waals surface area (Å²) in [5.41, 5.74) is 6.05. The number of aliphatic carboxylic acids is 1. The van der Waals surface area contributed by atoms with Gasteiger partial charge in [-0.25, -0.2) is 19.2 Å². The lowest BCUT2D eigenvalue weighted by Crippen LogP contribution is -2.44. The average Bonchev–Trinajstić information content (AvgIpc) is 3.37. The molecule has 5 heterocycles. The van der Waals surface area contributed by atoms with E-state index in [4.69, 9.17) is 14.5 Å². The Morgan fingerprint density at radius 1 is 1.15 bits per heavy atom. The summed E-state index contributed by atoms with van der Waals surface area (Å²) in [6.07, 6.45) is 1.86. The lowest BCUT2D eigenvalue weighted by molar-refractivity contribution is -0.160. The lowest BCUT2D eigenvalue weighted by Gasteiger charge is -2.30. The number of hydrogen-bond donors (Lipinski definition) is 1. The molecule has 1 N–H and O–H groups in total. The highest BCUT2D eigenvalue weighted by atomic mass is 19.1. The van der Waals surface area contributed by atoms with Crippen LogP contribution in [0.2, 0.25) is 0 Å². The molecule has 3 aromatic heterocycles. The summed E-state index contributed by atoms with van der Waals surface area (Å²) >= 11 is 0. The number of rotatable bonds is 6. The fourth-order valence-electron chi connectivity index (χ4n) is 6.76. The smallest absolute Gasteiger partial charge is 0.337 e. The highest BCUT2D eigenvalue weighted by molar-refractivity contribution is 6.01. The van der Waals surface area contributed by atoms with E-state index >= 15 is 4.39 Å². The van der Waals surface area contributed by atoms with Crippen molar-refractivity contribution < 1.29 is 23.8 Å². The zero-order valence-electron chi connectivity index (χ0n) is 28.9. The van der Waals surface area contributed by atoms with Crippen LogP contribution in [0.25, 0.3) is 33.4 Å². The minimum absolute atomic E-state index is 0.276. The molecule has 6 rings (SSSR count). The second-order valence-corrected chi connectivity index (χ2v) is 13.9. The van der Waals surface area contributed by atoms with Gasteiger partial charge in [0, 0.05) is 72.8 Å². The molecule has 2 aliphatic heterocycles. The largest absolute Gasteiger partial charge is 0.490 e. The number of carboxylic acid groups (broad SMARTS) is 1. The van der Waals surface area contributed by atoms with Crippen LogP contribution in [0, 0.1) is 31.5 Å². The molecule has 0 spiro atoms.